The van der Waals surface area contributed by atoms with Crippen LogP contribution in [0.5, 0.6) is 0 Å². The number of hydrogen-bond acceptors (Lipinski definition) is 0. The van der Waals surface area contributed by atoms with Gasteiger partial charge in [-0.3, -0.25) is 0 Å². The van der Waals surface area contributed by atoms with Crippen molar-refractivity contribution in [3.8, 4) is 0 Å². The van der Waals surface area contributed by atoms with Crippen molar-refractivity contribution in [2.75, 3.05) is 0 Å². The van der Waals surface area contributed by atoms with Crippen molar-refractivity contribution >= 4 is 18.9 Å². The van der Waals surface area contributed by atoms with Crippen molar-refractivity contribution in [2.45, 2.75) is 40.5 Å². The molecule has 0 fully saturated rings. The van der Waals surface area contributed by atoms with E-state index in [0.717, 1.165) is 5.92 Å². The van der Waals surface area contributed by atoms with Crippen LogP contribution in [0.3, 0.4) is 0 Å². The maximum absolute atomic E-state index is 2.25. The first kappa shape index (κ1) is 12.3. The molecule has 0 aliphatic heterocycles. The van der Waals surface area contributed by atoms with Crippen molar-refractivity contribution in [2.24, 2.45) is 5.92 Å². The molecule has 0 aromatic carbocycles. The summed E-state index contributed by atoms with van der Waals surface area (Å²) in [5, 5.41) is 0. The second kappa shape index (κ2) is 6.71. The molecule has 0 heterocycles. The van der Waals surface area contributed by atoms with Gasteiger partial charge in [0.25, 0.3) is 0 Å². The zero-order valence-corrected chi connectivity index (χ0v) is 6.49. The van der Waals surface area contributed by atoms with Crippen LogP contribution in [-0.4, -0.2) is 18.9 Å². The van der Waals surface area contributed by atoms with Crippen LogP contribution >= 0.6 is 0 Å². The first-order chi connectivity index (χ1) is 3.72. The van der Waals surface area contributed by atoms with Gasteiger partial charge in [-0.1, -0.05) is 40.5 Å². The SMILES string of the molecule is CCC(CC)[C](C)C.[LiH]. The standard InChI is InChI=1S/C8H17.Li.H/c1-5-8(6-2)7(3)4;;/h8H,5-6H2,1-4H3;;. The second-order valence-electron chi connectivity index (χ2n) is 2.59. The third kappa shape index (κ3) is 5.06. The predicted octanol–water partition coefficient (Wildman–Crippen LogP) is 2.39. The number of hydrogen-bond donors (Lipinski definition) is 0. The molecule has 0 aliphatic carbocycles. The van der Waals surface area contributed by atoms with Crippen molar-refractivity contribution in [1.29, 1.82) is 0 Å². The van der Waals surface area contributed by atoms with Crippen LogP contribution in [0.15, 0.2) is 0 Å². The summed E-state index contributed by atoms with van der Waals surface area (Å²) >= 11 is 0. The normalized spacial score (nSPS) is 10.0. The Labute approximate surface area is 71.6 Å². The molecule has 1 heteroatoms. The van der Waals surface area contributed by atoms with Crippen molar-refractivity contribution in [1.82, 2.24) is 0 Å². The van der Waals surface area contributed by atoms with Gasteiger partial charge in [0.2, 0.25) is 0 Å². The summed E-state index contributed by atoms with van der Waals surface area (Å²) in [6.45, 7) is 8.94. The molecule has 0 nitrogen and oxygen atoms in total. The summed E-state index contributed by atoms with van der Waals surface area (Å²) in [6.07, 6.45) is 2.61. The Morgan fingerprint density at radius 1 is 1.11 bits per heavy atom. The van der Waals surface area contributed by atoms with E-state index in [-0.39, 0.29) is 18.9 Å². The first-order valence-corrected chi connectivity index (χ1v) is 3.52. The zero-order chi connectivity index (χ0) is 6.57. The molecule has 0 saturated heterocycles. The summed E-state index contributed by atoms with van der Waals surface area (Å²) in [6, 6.07) is 0. The van der Waals surface area contributed by atoms with Gasteiger partial charge in [0.1, 0.15) is 0 Å². The third-order valence-corrected chi connectivity index (χ3v) is 1.80. The Balaban J connectivity index is 0. The van der Waals surface area contributed by atoms with E-state index in [1.165, 1.54) is 12.8 Å². The van der Waals surface area contributed by atoms with Gasteiger partial charge in [0, 0.05) is 0 Å². The summed E-state index contributed by atoms with van der Waals surface area (Å²) < 4.78 is 0. The molecule has 0 N–H and O–H groups in total. The van der Waals surface area contributed by atoms with Crippen LogP contribution in [-0.2, 0) is 0 Å². The van der Waals surface area contributed by atoms with E-state index in [0.29, 0.717) is 0 Å². The molecule has 0 atom stereocenters. The molecule has 0 rings (SSSR count). The minimum atomic E-state index is 0. The molecule has 0 aliphatic rings. The molecule has 0 bridgehead atoms. The van der Waals surface area contributed by atoms with Gasteiger partial charge < -0.3 is 0 Å². The summed E-state index contributed by atoms with van der Waals surface area (Å²) in [5.41, 5.74) is 0. The van der Waals surface area contributed by atoms with E-state index in [1.807, 2.05) is 0 Å². The summed E-state index contributed by atoms with van der Waals surface area (Å²) in [7, 11) is 0. The number of rotatable bonds is 3. The van der Waals surface area contributed by atoms with E-state index in [2.05, 4.69) is 27.7 Å². The molecular formula is C8H18Li. The fourth-order valence-electron chi connectivity index (χ4n) is 1.11. The molecule has 51 valence electrons. The van der Waals surface area contributed by atoms with Gasteiger partial charge in [-0.05, 0) is 11.8 Å². The second-order valence-corrected chi connectivity index (χ2v) is 2.59. The first-order valence-electron chi connectivity index (χ1n) is 3.52. The molecule has 0 aromatic rings. The van der Waals surface area contributed by atoms with Crippen LogP contribution in [0, 0.1) is 11.8 Å². The summed E-state index contributed by atoms with van der Waals surface area (Å²) in [5.74, 6) is 2.45. The Morgan fingerprint density at radius 2 is 1.44 bits per heavy atom. The fourth-order valence-corrected chi connectivity index (χ4v) is 1.11. The van der Waals surface area contributed by atoms with Crippen LogP contribution in [0.1, 0.15) is 40.5 Å². The fraction of sp³-hybridized carbons (Fsp3) is 0.875. The van der Waals surface area contributed by atoms with Crippen molar-refractivity contribution < 1.29 is 0 Å². The van der Waals surface area contributed by atoms with Gasteiger partial charge in [0.15, 0.2) is 0 Å². The van der Waals surface area contributed by atoms with Gasteiger partial charge in [-0.25, -0.2) is 0 Å². The Hall–Kier alpha value is 0.597. The van der Waals surface area contributed by atoms with Crippen LogP contribution < -0.4 is 0 Å². The summed E-state index contributed by atoms with van der Waals surface area (Å²) in [4.78, 5) is 0. The van der Waals surface area contributed by atoms with Gasteiger partial charge in [-0.2, -0.15) is 0 Å². The van der Waals surface area contributed by atoms with E-state index in [4.69, 9.17) is 0 Å². The molecule has 0 aromatic heterocycles. The molecule has 0 unspecified atom stereocenters. The maximum atomic E-state index is 2.25. The predicted molar refractivity (Wildman–Crippen MR) is 45.8 cm³/mol. The average molecular weight is 121 g/mol. The van der Waals surface area contributed by atoms with E-state index in [1.54, 1.807) is 5.92 Å². The van der Waals surface area contributed by atoms with Gasteiger partial charge in [-0.15, -0.1) is 0 Å². The van der Waals surface area contributed by atoms with Crippen LogP contribution in [0.2, 0.25) is 0 Å². The van der Waals surface area contributed by atoms with Crippen LogP contribution in [0.25, 0.3) is 0 Å². The molecule has 0 spiro atoms. The molecular weight excluding hydrogens is 103 g/mol. The Morgan fingerprint density at radius 3 is 1.44 bits per heavy atom. The van der Waals surface area contributed by atoms with Gasteiger partial charge >= 0.3 is 18.9 Å². The minimum absolute atomic E-state index is 0. The zero-order valence-electron chi connectivity index (χ0n) is 6.49. The van der Waals surface area contributed by atoms with Crippen molar-refractivity contribution in [3.05, 3.63) is 5.92 Å². The molecule has 0 saturated carbocycles. The van der Waals surface area contributed by atoms with Crippen LogP contribution in [0.4, 0.5) is 0 Å². The van der Waals surface area contributed by atoms with E-state index >= 15 is 0 Å². The third-order valence-electron chi connectivity index (χ3n) is 1.80. The molecule has 9 heavy (non-hydrogen) atoms. The average Bonchev–Trinajstić information content (AvgIpc) is 1.69. The topological polar surface area (TPSA) is 0 Å². The van der Waals surface area contributed by atoms with Crippen molar-refractivity contribution in [3.63, 3.8) is 0 Å². The molecule has 0 amide bonds. The monoisotopic (exact) mass is 121 g/mol. The quantitative estimate of drug-likeness (QED) is 0.503. The van der Waals surface area contributed by atoms with Gasteiger partial charge in [0.05, 0.1) is 0 Å². The Bertz CT molecular complexity index is 46.5. The van der Waals surface area contributed by atoms with E-state index < -0.39 is 0 Å². The molecule has 1 radical (unpaired) electrons. The van der Waals surface area contributed by atoms with E-state index in [9.17, 15) is 0 Å². The Kier molecular flexibility index (Phi) is 9.17.